The van der Waals surface area contributed by atoms with E-state index in [4.69, 9.17) is 21.1 Å². The molecule has 4 aromatic carbocycles. The highest BCUT2D eigenvalue weighted by atomic mass is 35.5. The van der Waals surface area contributed by atoms with Crippen molar-refractivity contribution in [2.75, 3.05) is 0 Å². The van der Waals surface area contributed by atoms with Gasteiger partial charge in [-0.25, -0.2) is 9.59 Å². The highest BCUT2D eigenvalue weighted by Gasteiger charge is 2.11. The Kier molecular flexibility index (Phi) is 5.27. The topological polar surface area (TPSA) is 52.6 Å². The van der Waals surface area contributed by atoms with E-state index in [1.165, 1.54) is 0 Å². The van der Waals surface area contributed by atoms with Crippen LogP contribution in [-0.2, 0) is 0 Å². The zero-order valence-corrected chi connectivity index (χ0v) is 15.9. The van der Waals surface area contributed by atoms with Crippen molar-refractivity contribution in [1.82, 2.24) is 0 Å². The molecular formula is C24H15ClO4. The van der Waals surface area contributed by atoms with Gasteiger partial charge in [-0.3, -0.25) is 0 Å². The van der Waals surface area contributed by atoms with Gasteiger partial charge in [-0.2, -0.15) is 0 Å². The van der Waals surface area contributed by atoms with Gasteiger partial charge in [0.15, 0.2) is 0 Å². The fourth-order valence-corrected chi connectivity index (χ4v) is 2.94. The van der Waals surface area contributed by atoms with Crippen LogP contribution in [0.2, 0.25) is 5.02 Å². The second kappa shape index (κ2) is 8.17. The van der Waals surface area contributed by atoms with Gasteiger partial charge in [-0.15, -0.1) is 0 Å². The van der Waals surface area contributed by atoms with Gasteiger partial charge in [0.25, 0.3) is 0 Å². The molecule has 142 valence electrons. The van der Waals surface area contributed by atoms with Crippen LogP contribution in [0.15, 0.2) is 91.0 Å². The molecule has 0 saturated heterocycles. The highest BCUT2D eigenvalue weighted by molar-refractivity contribution is 6.30. The van der Waals surface area contributed by atoms with E-state index in [0.717, 1.165) is 10.8 Å². The van der Waals surface area contributed by atoms with E-state index in [9.17, 15) is 9.59 Å². The third kappa shape index (κ3) is 4.45. The Hall–Kier alpha value is -3.63. The number of hydrogen-bond acceptors (Lipinski definition) is 4. The minimum atomic E-state index is -0.498. The molecule has 4 nitrogen and oxygen atoms in total. The average Bonchev–Trinajstić information content (AvgIpc) is 2.75. The number of benzene rings is 4. The summed E-state index contributed by atoms with van der Waals surface area (Å²) in [6.07, 6.45) is 0. The number of hydrogen-bond donors (Lipinski definition) is 0. The third-order valence-corrected chi connectivity index (χ3v) is 4.56. The number of ether oxygens (including phenoxy) is 2. The van der Waals surface area contributed by atoms with Gasteiger partial charge in [-0.1, -0.05) is 41.9 Å². The molecule has 0 fully saturated rings. The van der Waals surface area contributed by atoms with Crippen molar-refractivity contribution in [3.8, 4) is 11.5 Å². The lowest BCUT2D eigenvalue weighted by Gasteiger charge is -2.07. The smallest absolute Gasteiger partial charge is 0.343 e. The molecule has 0 aromatic heterocycles. The lowest BCUT2D eigenvalue weighted by molar-refractivity contribution is 0.0719. The molecule has 0 aliphatic rings. The number of esters is 2. The molecule has 0 spiro atoms. The van der Waals surface area contributed by atoms with Crippen molar-refractivity contribution in [3.63, 3.8) is 0 Å². The molecule has 4 rings (SSSR count). The fraction of sp³-hybridized carbons (Fsp3) is 0. The second-order valence-electron chi connectivity index (χ2n) is 6.32. The minimum absolute atomic E-state index is 0.343. The molecule has 0 saturated carbocycles. The molecule has 4 aromatic rings. The summed E-state index contributed by atoms with van der Waals surface area (Å²) in [7, 11) is 0. The highest BCUT2D eigenvalue weighted by Crippen LogP contribution is 2.21. The molecule has 5 heteroatoms. The van der Waals surface area contributed by atoms with Crippen molar-refractivity contribution in [1.29, 1.82) is 0 Å². The summed E-state index contributed by atoms with van der Waals surface area (Å²) < 4.78 is 10.7. The van der Waals surface area contributed by atoms with Gasteiger partial charge < -0.3 is 9.47 Å². The maximum Gasteiger partial charge on any atom is 0.343 e. The van der Waals surface area contributed by atoms with E-state index in [1.54, 1.807) is 60.7 Å². The van der Waals surface area contributed by atoms with Crippen LogP contribution < -0.4 is 9.47 Å². The van der Waals surface area contributed by atoms with Crippen LogP contribution in [0.4, 0.5) is 0 Å². The van der Waals surface area contributed by atoms with Crippen LogP contribution in [0.25, 0.3) is 10.8 Å². The minimum Gasteiger partial charge on any atom is -0.423 e. The van der Waals surface area contributed by atoms with Gasteiger partial charge in [0.05, 0.1) is 11.1 Å². The summed E-state index contributed by atoms with van der Waals surface area (Å²) in [5.74, 6) is -0.255. The summed E-state index contributed by atoms with van der Waals surface area (Å²) in [4.78, 5) is 24.5. The van der Waals surface area contributed by atoms with Crippen LogP contribution in [0.5, 0.6) is 11.5 Å². The van der Waals surface area contributed by atoms with E-state index in [1.807, 2.05) is 30.3 Å². The zero-order chi connectivity index (χ0) is 20.2. The predicted molar refractivity (Wildman–Crippen MR) is 112 cm³/mol. The first-order valence-corrected chi connectivity index (χ1v) is 9.25. The molecule has 0 aliphatic carbocycles. The molecule has 0 N–H and O–H groups in total. The van der Waals surface area contributed by atoms with E-state index >= 15 is 0 Å². The quantitative estimate of drug-likeness (QED) is 0.313. The van der Waals surface area contributed by atoms with Crippen LogP contribution >= 0.6 is 11.6 Å². The molecule has 29 heavy (non-hydrogen) atoms. The van der Waals surface area contributed by atoms with Crippen LogP contribution in [0.3, 0.4) is 0 Å². The van der Waals surface area contributed by atoms with Gasteiger partial charge in [-0.05, 0) is 71.4 Å². The number of halogens is 1. The maximum atomic E-state index is 12.4. The number of carbonyl (C=O) groups is 2. The van der Waals surface area contributed by atoms with Crippen molar-refractivity contribution >= 4 is 34.3 Å². The summed E-state index contributed by atoms with van der Waals surface area (Å²) in [6, 6.07) is 25.9. The Morgan fingerprint density at radius 3 is 1.72 bits per heavy atom. The first kappa shape index (κ1) is 18.7. The monoisotopic (exact) mass is 402 g/mol. The Balaban J connectivity index is 1.42. The molecule has 0 heterocycles. The van der Waals surface area contributed by atoms with Gasteiger partial charge in [0, 0.05) is 5.02 Å². The predicted octanol–water partition coefficient (Wildman–Crippen LogP) is 5.93. The van der Waals surface area contributed by atoms with Crippen molar-refractivity contribution in [3.05, 3.63) is 107 Å². The first-order valence-electron chi connectivity index (χ1n) is 8.87. The zero-order valence-electron chi connectivity index (χ0n) is 15.2. The average molecular weight is 403 g/mol. The number of fused-ring (bicyclic) bond motifs is 1. The normalized spacial score (nSPS) is 10.5. The molecule has 0 atom stereocenters. The molecule has 0 aliphatic heterocycles. The Morgan fingerprint density at radius 2 is 1.10 bits per heavy atom. The van der Waals surface area contributed by atoms with E-state index in [0.29, 0.717) is 27.6 Å². The number of carbonyl (C=O) groups excluding carboxylic acids is 2. The standard InChI is InChI=1S/C24H15ClO4/c25-20-9-7-17(8-10-20)23(26)28-21-11-13-22(14-12-21)29-24(27)19-6-5-16-3-1-2-4-18(16)15-19/h1-15H. The van der Waals surface area contributed by atoms with Gasteiger partial charge in [0.2, 0.25) is 0 Å². The molecule has 0 unspecified atom stereocenters. The maximum absolute atomic E-state index is 12.4. The van der Waals surface area contributed by atoms with Gasteiger partial charge in [0.1, 0.15) is 11.5 Å². The van der Waals surface area contributed by atoms with E-state index in [-0.39, 0.29) is 0 Å². The van der Waals surface area contributed by atoms with Crippen LogP contribution in [0.1, 0.15) is 20.7 Å². The van der Waals surface area contributed by atoms with E-state index < -0.39 is 11.9 Å². The fourth-order valence-electron chi connectivity index (χ4n) is 2.81. The molecular weight excluding hydrogens is 388 g/mol. The Bertz CT molecular complexity index is 1180. The van der Waals surface area contributed by atoms with Gasteiger partial charge >= 0.3 is 11.9 Å². The number of rotatable bonds is 4. The lowest BCUT2D eigenvalue weighted by atomic mass is 10.1. The van der Waals surface area contributed by atoms with Crippen LogP contribution in [0, 0.1) is 0 Å². The summed E-state index contributed by atoms with van der Waals surface area (Å²) >= 11 is 5.81. The largest absolute Gasteiger partial charge is 0.423 e. The van der Waals surface area contributed by atoms with Crippen molar-refractivity contribution < 1.29 is 19.1 Å². The van der Waals surface area contributed by atoms with Crippen molar-refractivity contribution in [2.24, 2.45) is 0 Å². The van der Waals surface area contributed by atoms with Crippen molar-refractivity contribution in [2.45, 2.75) is 0 Å². The van der Waals surface area contributed by atoms with Crippen LogP contribution in [-0.4, -0.2) is 11.9 Å². The first-order chi connectivity index (χ1) is 14.1. The summed E-state index contributed by atoms with van der Waals surface area (Å²) in [6.45, 7) is 0. The lowest BCUT2D eigenvalue weighted by Crippen LogP contribution is -2.09. The summed E-state index contributed by atoms with van der Waals surface area (Å²) in [5.41, 5.74) is 0.850. The third-order valence-electron chi connectivity index (χ3n) is 4.31. The van der Waals surface area contributed by atoms with E-state index in [2.05, 4.69) is 0 Å². The summed E-state index contributed by atoms with van der Waals surface area (Å²) in [5, 5.41) is 2.56. The second-order valence-corrected chi connectivity index (χ2v) is 6.76. The molecule has 0 bridgehead atoms. The SMILES string of the molecule is O=C(Oc1ccc(OC(=O)c2ccc3ccccc3c2)cc1)c1ccc(Cl)cc1. The molecule has 0 radical (unpaired) electrons. The molecule has 0 amide bonds. The Labute approximate surface area is 172 Å². The Morgan fingerprint density at radius 1 is 0.586 bits per heavy atom.